The van der Waals surface area contributed by atoms with Crippen LogP contribution < -0.4 is 5.32 Å². The molecule has 2 aromatic rings. The van der Waals surface area contributed by atoms with Gasteiger partial charge in [0.05, 0.1) is 6.04 Å². The Morgan fingerprint density at radius 3 is 2.50 bits per heavy atom. The van der Waals surface area contributed by atoms with Gasteiger partial charge in [0.15, 0.2) is 0 Å². The molecule has 148 valence electrons. The van der Waals surface area contributed by atoms with Gasteiger partial charge in [-0.2, -0.15) is 5.10 Å². The van der Waals surface area contributed by atoms with E-state index < -0.39 is 6.09 Å². The number of amides is 2. The van der Waals surface area contributed by atoms with Crippen LogP contribution in [0, 0.1) is 11.8 Å². The maximum Gasteiger partial charge on any atom is 0.405 e. The summed E-state index contributed by atoms with van der Waals surface area (Å²) in [6.45, 7) is 4.15. The van der Waals surface area contributed by atoms with Crippen molar-refractivity contribution in [2.24, 2.45) is 11.8 Å². The molecule has 0 radical (unpaired) electrons. The molecular formula is C19H24N6O3. The number of aromatic amines is 1. The summed E-state index contributed by atoms with van der Waals surface area (Å²) in [5.41, 5.74) is 0.980. The summed E-state index contributed by atoms with van der Waals surface area (Å²) in [6.07, 6.45) is 1.06. The van der Waals surface area contributed by atoms with E-state index in [1.54, 1.807) is 0 Å². The van der Waals surface area contributed by atoms with Gasteiger partial charge in [-0.15, -0.1) is 0 Å². The lowest BCUT2D eigenvalue weighted by Crippen LogP contribution is -2.35. The van der Waals surface area contributed by atoms with Crippen molar-refractivity contribution < 1.29 is 14.7 Å². The van der Waals surface area contributed by atoms with E-state index in [9.17, 15) is 9.59 Å². The van der Waals surface area contributed by atoms with Crippen LogP contribution in [0.5, 0.6) is 0 Å². The van der Waals surface area contributed by atoms with Crippen LogP contribution in [-0.4, -0.2) is 74.8 Å². The molecule has 0 bridgehead atoms. The Morgan fingerprint density at radius 2 is 1.89 bits per heavy atom. The molecule has 3 N–H and O–H groups in total. The smallest absolute Gasteiger partial charge is 0.405 e. The SMILES string of the molecule is O=C(O)NC(CCN1CC2CN(C(=O)c3ncn[nH]3)C[C@@H]2C1)c1ccccc1. The molecule has 28 heavy (non-hydrogen) atoms. The summed E-state index contributed by atoms with van der Waals surface area (Å²) in [5, 5.41) is 18.2. The molecule has 9 nitrogen and oxygen atoms in total. The number of fused-ring (bicyclic) bond motifs is 1. The predicted molar refractivity (Wildman–Crippen MR) is 101 cm³/mol. The molecule has 2 amide bonds. The Labute approximate surface area is 162 Å². The molecule has 3 atom stereocenters. The van der Waals surface area contributed by atoms with Crippen LogP contribution >= 0.6 is 0 Å². The van der Waals surface area contributed by atoms with E-state index in [4.69, 9.17) is 5.11 Å². The van der Waals surface area contributed by atoms with Crippen molar-refractivity contribution in [2.75, 3.05) is 32.7 Å². The molecule has 0 saturated carbocycles. The van der Waals surface area contributed by atoms with Crippen LogP contribution in [0.25, 0.3) is 0 Å². The van der Waals surface area contributed by atoms with Crippen LogP contribution in [0.15, 0.2) is 36.7 Å². The number of likely N-dealkylation sites (tertiary alicyclic amines) is 2. The van der Waals surface area contributed by atoms with Gasteiger partial charge in [0.25, 0.3) is 5.91 Å². The third-order valence-electron chi connectivity index (χ3n) is 5.70. The molecule has 2 saturated heterocycles. The lowest BCUT2D eigenvalue weighted by molar-refractivity contribution is 0.0762. The van der Waals surface area contributed by atoms with Crippen molar-refractivity contribution in [2.45, 2.75) is 12.5 Å². The number of hydrogen-bond donors (Lipinski definition) is 3. The van der Waals surface area contributed by atoms with Gasteiger partial charge in [-0.05, 0) is 23.8 Å². The fourth-order valence-corrected chi connectivity index (χ4v) is 4.37. The van der Waals surface area contributed by atoms with Crippen LogP contribution in [-0.2, 0) is 0 Å². The highest BCUT2D eigenvalue weighted by Crippen LogP contribution is 2.32. The molecule has 2 aliphatic heterocycles. The van der Waals surface area contributed by atoms with Gasteiger partial charge >= 0.3 is 6.09 Å². The fourth-order valence-electron chi connectivity index (χ4n) is 4.37. The maximum absolute atomic E-state index is 12.4. The number of nitrogens with zero attached hydrogens (tertiary/aromatic N) is 4. The highest BCUT2D eigenvalue weighted by molar-refractivity contribution is 5.90. The summed E-state index contributed by atoms with van der Waals surface area (Å²) in [5.74, 6) is 1.11. The molecule has 3 heterocycles. The number of benzene rings is 1. The summed E-state index contributed by atoms with van der Waals surface area (Å²) in [6, 6.07) is 9.45. The Morgan fingerprint density at radius 1 is 1.18 bits per heavy atom. The minimum atomic E-state index is -1.01. The second-order valence-corrected chi connectivity index (χ2v) is 7.53. The lowest BCUT2D eigenvalue weighted by atomic mass is 10.0. The van der Waals surface area contributed by atoms with Crippen LogP contribution in [0.3, 0.4) is 0 Å². The first-order chi connectivity index (χ1) is 13.6. The monoisotopic (exact) mass is 384 g/mol. The molecule has 1 aromatic heterocycles. The van der Waals surface area contributed by atoms with Gasteiger partial charge in [-0.3, -0.25) is 9.89 Å². The quantitative estimate of drug-likeness (QED) is 0.690. The lowest BCUT2D eigenvalue weighted by Gasteiger charge is -2.24. The molecule has 4 rings (SSSR count). The van der Waals surface area contributed by atoms with E-state index in [0.717, 1.165) is 44.7 Å². The Hall–Kier alpha value is -2.94. The van der Waals surface area contributed by atoms with Crippen molar-refractivity contribution in [1.82, 2.24) is 30.3 Å². The summed E-state index contributed by atoms with van der Waals surface area (Å²) in [4.78, 5) is 31.8. The first kappa shape index (κ1) is 18.4. The number of nitrogens with one attached hydrogen (secondary N) is 2. The first-order valence-electron chi connectivity index (χ1n) is 9.51. The van der Waals surface area contributed by atoms with E-state index in [0.29, 0.717) is 17.7 Å². The number of rotatable bonds is 6. The number of carbonyl (C=O) groups excluding carboxylic acids is 1. The third kappa shape index (κ3) is 3.99. The van der Waals surface area contributed by atoms with E-state index >= 15 is 0 Å². The molecule has 0 aliphatic carbocycles. The molecule has 1 aromatic carbocycles. The van der Waals surface area contributed by atoms with Crippen molar-refractivity contribution in [3.63, 3.8) is 0 Å². The number of aromatic nitrogens is 3. The second-order valence-electron chi connectivity index (χ2n) is 7.53. The fraction of sp³-hybridized carbons (Fsp3) is 0.474. The average molecular weight is 384 g/mol. The van der Waals surface area contributed by atoms with Crippen LogP contribution in [0.2, 0.25) is 0 Å². The molecule has 2 fully saturated rings. The van der Waals surface area contributed by atoms with Gasteiger partial charge in [0.2, 0.25) is 5.82 Å². The van der Waals surface area contributed by atoms with E-state index in [2.05, 4.69) is 25.4 Å². The minimum Gasteiger partial charge on any atom is -0.465 e. The molecule has 2 aliphatic rings. The molecule has 9 heteroatoms. The van der Waals surface area contributed by atoms with Crippen molar-refractivity contribution >= 4 is 12.0 Å². The van der Waals surface area contributed by atoms with Gasteiger partial charge in [-0.25, -0.2) is 9.78 Å². The third-order valence-corrected chi connectivity index (χ3v) is 5.70. The number of hydrogen-bond acceptors (Lipinski definition) is 5. The largest absolute Gasteiger partial charge is 0.465 e. The average Bonchev–Trinajstić information content (AvgIpc) is 3.41. The zero-order valence-corrected chi connectivity index (χ0v) is 15.5. The van der Waals surface area contributed by atoms with Gasteiger partial charge in [0, 0.05) is 32.7 Å². The summed E-state index contributed by atoms with van der Waals surface area (Å²) < 4.78 is 0. The summed E-state index contributed by atoms with van der Waals surface area (Å²) in [7, 11) is 0. The maximum atomic E-state index is 12.4. The highest BCUT2D eigenvalue weighted by Gasteiger charge is 2.42. The standard InChI is InChI=1S/C19H24N6O3/c26-18(17-20-12-21-23-17)25-10-14-8-24(9-15(14)11-25)7-6-16(22-19(27)28)13-4-2-1-3-5-13/h1-5,12,14-16,22H,6-11H2,(H,27,28)(H,20,21,23)/t14-,15?,16?/m0/s1. The number of H-pyrrole nitrogens is 1. The topological polar surface area (TPSA) is 114 Å². The van der Waals surface area contributed by atoms with Gasteiger partial charge < -0.3 is 20.2 Å². The Kier molecular flexibility index (Phi) is 5.25. The van der Waals surface area contributed by atoms with E-state index in [-0.39, 0.29) is 11.9 Å². The van der Waals surface area contributed by atoms with Gasteiger partial charge in [0.1, 0.15) is 6.33 Å². The predicted octanol–water partition coefficient (Wildman–Crippen LogP) is 1.21. The Bertz CT molecular complexity index is 798. The van der Waals surface area contributed by atoms with Gasteiger partial charge in [-0.1, -0.05) is 30.3 Å². The van der Waals surface area contributed by atoms with Crippen LogP contribution in [0.1, 0.15) is 28.6 Å². The zero-order valence-electron chi connectivity index (χ0n) is 15.5. The van der Waals surface area contributed by atoms with Crippen LogP contribution in [0.4, 0.5) is 4.79 Å². The molecule has 2 unspecified atom stereocenters. The van der Waals surface area contributed by atoms with Crippen molar-refractivity contribution in [3.05, 3.63) is 48.0 Å². The van der Waals surface area contributed by atoms with Crippen molar-refractivity contribution in [3.8, 4) is 0 Å². The van der Waals surface area contributed by atoms with E-state index in [1.165, 1.54) is 6.33 Å². The Balaban J connectivity index is 1.30. The van der Waals surface area contributed by atoms with Crippen molar-refractivity contribution in [1.29, 1.82) is 0 Å². The highest BCUT2D eigenvalue weighted by atomic mass is 16.4. The minimum absolute atomic E-state index is 0.0896. The second kappa shape index (κ2) is 7.97. The molecule has 0 spiro atoms. The van der Waals surface area contributed by atoms with E-state index in [1.807, 2.05) is 35.2 Å². The first-order valence-corrected chi connectivity index (χ1v) is 9.51. The number of carboxylic acid groups (broad SMARTS) is 1. The number of carbonyl (C=O) groups is 2. The zero-order chi connectivity index (χ0) is 19.5. The normalized spacial score (nSPS) is 22.8. The summed E-state index contributed by atoms with van der Waals surface area (Å²) >= 11 is 0. The molecular weight excluding hydrogens is 360 g/mol.